The van der Waals surface area contributed by atoms with Gasteiger partial charge in [0.1, 0.15) is 9.71 Å². The molecule has 0 radical (unpaired) electrons. The second kappa shape index (κ2) is 7.15. The fourth-order valence-electron chi connectivity index (χ4n) is 3.50. The van der Waals surface area contributed by atoms with Crippen molar-refractivity contribution in [3.63, 3.8) is 0 Å². The van der Waals surface area contributed by atoms with E-state index in [1.807, 2.05) is 30.3 Å². The minimum absolute atomic E-state index is 0.141. The summed E-state index contributed by atoms with van der Waals surface area (Å²) in [6.45, 7) is 5.61. The summed E-state index contributed by atoms with van der Waals surface area (Å²) in [6.07, 6.45) is 2.17. The molecule has 1 fully saturated rings. The summed E-state index contributed by atoms with van der Waals surface area (Å²) in [6, 6.07) is 9.55. The van der Waals surface area contributed by atoms with Gasteiger partial charge in [-0.2, -0.15) is 0 Å². The third-order valence-electron chi connectivity index (χ3n) is 4.81. The van der Waals surface area contributed by atoms with Gasteiger partial charge in [-0.3, -0.25) is 4.79 Å². The molecule has 0 bridgehead atoms. The molecule has 7 heteroatoms. The molecular weight excluding hydrogens is 362 g/mol. The lowest BCUT2D eigenvalue weighted by atomic mass is 10.2. The Morgan fingerprint density at radius 2 is 1.93 bits per heavy atom. The highest BCUT2D eigenvalue weighted by molar-refractivity contribution is 7.20. The zero-order chi connectivity index (χ0) is 19.0. The van der Waals surface area contributed by atoms with Crippen molar-refractivity contribution in [1.29, 1.82) is 0 Å². The van der Waals surface area contributed by atoms with Crippen LogP contribution in [0.5, 0.6) is 0 Å². The average molecular weight is 383 g/mol. The van der Waals surface area contributed by atoms with Crippen molar-refractivity contribution in [2.24, 2.45) is 0 Å². The number of rotatable bonds is 4. The van der Waals surface area contributed by atoms with Gasteiger partial charge in [0.2, 0.25) is 5.95 Å². The van der Waals surface area contributed by atoms with E-state index in [-0.39, 0.29) is 5.56 Å². The first-order valence-corrected chi connectivity index (χ1v) is 9.97. The van der Waals surface area contributed by atoms with Crippen LogP contribution in [0.3, 0.4) is 0 Å². The maximum absolute atomic E-state index is 13.5. The molecule has 1 aliphatic heterocycles. The molecular formula is C20H21N3O3S. The first-order chi connectivity index (χ1) is 13.1. The Kier molecular flexibility index (Phi) is 4.70. The second-order valence-corrected chi connectivity index (χ2v) is 7.54. The van der Waals surface area contributed by atoms with Crippen molar-refractivity contribution in [1.82, 2.24) is 9.55 Å². The molecule has 0 aliphatic carbocycles. The van der Waals surface area contributed by atoms with Crippen molar-refractivity contribution in [2.75, 3.05) is 24.6 Å². The number of carbonyl (C=O) groups is 1. The van der Waals surface area contributed by atoms with Gasteiger partial charge in [-0.05, 0) is 44.4 Å². The van der Waals surface area contributed by atoms with E-state index < -0.39 is 5.97 Å². The minimum atomic E-state index is -0.397. The fraction of sp³-hybridized carbons (Fsp3) is 0.350. The van der Waals surface area contributed by atoms with Crippen LogP contribution in [0, 0.1) is 6.92 Å². The number of para-hydroxylation sites is 1. The molecule has 6 nitrogen and oxygen atoms in total. The Labute approximate surface area is 161 Å². The predicted octanol–water partition coefficient (Wildman–Crippen LogP) is 3.53. The second-order valence-electron chi connectivity index (χ2n) is 6.54. The lowest BCUT2D eigenvalue weighted by molar-refractivity contribution is 0.0531. The third kappa shape index (κ3) is 3.02. The standard InChI is InChI=1S/C20H21N3O3S/c1-3-26-19(25)16-13(2)15-17(27-16)21-20(22-11-7-8-12-22)23(18(15)24)14-9-5-4-6-10-14/h4-6,9-10H,3,7-8,11-12H2,1-2H3. The molecule has 0 amide bonds. The predicted molar refractivity (Wildman–Crippen MR) is 107 cm³/mol. The number of aryl methyl sites for hydroxylation is 1. The molecule has 2 aromatic heterocycles. The van der Waals surface area contributed by atoms with Gasteiger partial charge < -0.3 is 9.64 Å². The van der Waals surface area contributed by atoms with E-state index in [0.717, 1.165) is 31.6 Å². The zero-order valence-corrected chi connectivity index (χ0v) is 16.2. The number of carbonyl (C=O) groups excluding carboxylic acids is 1. The van der Waals surface area contributed by atoms with Crippen LogP contribution >= 0.6 is 11.3 Å². The molecule has 0 unspecified atom stereocenters. The number of fused-ring (bicyclic) bond motifs is 1. The number of hydrogen-bond donors (Lipinski definition) is 0. The van der Waals surface area contributed by atoms with Gasteiger partial charge >= 0.3 is 5.97 Å². The topological polar surface area (TPSA) is 64.4 Å². The summed E-state index contributed by atoms with van der Waals surface area (Å²) < 4.78 is 6.82. The molecule has 1 aromatic carbocycles. The highest BCUT2D eigenvalue weighted by Gasteiger charge is 2.25. The van der Waals surface area contributed by atoms with Crippen molar-refractivity contribution in [2.45, 2.75) is 26.7 Å². The monoisotopic (exact) mass is 383 g/mol. The largest absolute Gasteiger partial charge is 0.462 e. The van der Waals surface area contributed by atoms with Crippen LogP contribution in [0.2, 0.25) is 0 Å². The smallest absolute Gasteiger partial charge is 0.348 e. The van der Waals surface area contributed by atoms with Crippen LogP contribution in [-0.4, -0.2) is 35.2 Å². The van der Waals surface area contributed by atoms with E-state index in [4.69, 9.17) is 9.72 Å². The van der Waals surface area contributed by atoms with Crippen LogP contribution in [0.1, 0.15) is 35.0 Å². The lowest BCUT2D eigenvalue weighted by Gasteiger charge is -2.21. The van der Waals surface area contributed by atoms with Gasteiger partial charge in [0.25, 0.3) is 5.56 Å². The molecule has 0 N–H and O–H groups in total. The van der Waals surface area contributed by atoms with Crippen LogP contribution in [0.25, 0.3) is 15.9 Å². The number of anilines is 1. The van der Waals surface area contributed by atoms with E-state index >= 15 is 0 Å². The Morgan fingerprint density at radius 3 is 2.59 bits per heavy atom. The van der Waals surface area contributed by atoms with E-state index in [9.17, 15) is 9.59 Å². The van der Waals surface area contributed by atoms with Crippen LogP contribution in [0.15, 0.2) is 35.1 Å². The van der Waals surface area contributed by atoms with Gasteiger partial charge in [0.05, 0.1) is 17.7 Å². The summed E-state index contributed by atoms with van der Waals surface area (Å²) in [5, 5.41) is 0.495. The summed E-state index contributed by atoms with van der Waals surface area (Å²) in [5.41, 5.74) is 1.28. The van der Waals surface area contributed by atoms with Crippen molar-refractivity contribution in [3.05, 3.63) is 51.1 Å². The van der Waals surface area contributed by atoms with Crippen LogP contribution in [0.4, 0.5) is 5.95 Å². The van der Waals surface area contributed by atoms with Crippen molar-refractivity contribution < 1.29 is 9.53 Å². The SMILES string of the molecule is CCOC(=O)c1sc2nc(N3CCCC3)n(-c3ccccc3)c(=O)c2c1C. The van der Waals surface area contributed by atoms with E-state index in [1.54, 1.807) is 18.4 Å². The molecule has 1 saturated heterocycles. The molecule has 3 aromatic rings. The molecule has 140 valence electrons. The highest BCUT2D eigenvalue weighted by atomic mass is 32.1. The van der Waals surface area contributed by atoms with Gasteiger partial charge in [-0.15, -0.1) is 11.3 Å². The Bertz CT molecular complexity index is 1050. The summed E-state index contributed by atoms with van der Waals surface area (Å²) >= 11 is 1.24. The van der Waals surface area contributed by atoms with Gasteiger partial charge in [0.15, 0.2) is 0 Å². The van der Waals surface area contributed by atoms with Crippen LogP contribution < -0.4 is 10.5 Å². The Hall–Kier alpha value is -2.67. The van der Waals surface area contributed by atoms with Gasteiger partial charge in [0, 0.05) is 13.1 Å². The number of thiophene rings is 1. The molecule has 0 saturated carbocycles. The Balaban J connectivity index is 2.00. The molecule has 0 atom stereocenters. The van der Waals surface area contributed by atoms with Crippen molar-refractivity contribution in [3.8, 4) is 5.69 Å². The molecule has 3 heterocycles. The number of benzene rings is 1. The van der Waals surface area contributed by atoms with Crippen LogP contribution in [-0.2, 0) is 4.74 Å². The van der Waals surface area contributed by atoms with Crippen molar-refractivity contribution >= 4 is 33.5 Å². The summed E-state index contributed by atoms with van der Waals surface area (Å²) in [5.74, 6) is 0.249. The maximum Gasteiger partial charge on any atom is 0.348 e. The first-order valence-electron chi connectivity index (χ1n) is 9.15. The number of esters is 1. The molecule has 0 spiro atoms. The first kappa shape index (κ1) is 17.7. The summed E-state index contributed by atoms with van der Waals surface area (Å²) in [7, 11) is 0. The minimum Gasteiger partial charge on any atom is -0.462 e. The van der Waals surface area contributed by atoms with E-state index in [1.165, 1.54) is 11.3 Å². The third-order valence-corrected chi connectivity index (χ3v) is 5.98. The number of aromatic nitrogens is 2. The molecule has 1 aliphatic rings. The zero-order valence-electron chi connectivity index (χ0n) is 15.4. The average Bonchev–Trinajstić information content (AvgIpc) is 3.31. The van der Waals surface area contributed by atoms with E-state index in [2.05, 4.69) is 4.90 Å². The van der Waals surface area contributed by atoms with Gasteiger partial charge in [-0.1, -0.05) is 18.2 Å². The Morgan fingerprint density at radius 1 is 1.22 bits per heavy atom. The number of ether oxygens (including phenoxy) is 1. The number of nitrogens with zero attached hydrogens (tertiary/aromatic N) is 3. The highest BCUT2D eigenvalue weighted by Crippen LogP contribution is 2.31. The van der Waals surface area contributed by atoms with E-state index in [0.29, 0.717) is 33.2 Å². The normalized spacial score (nSPS) is 14.1. The molecule has 27 heavy (non-hydrogen) atoms. The lowest BCUT2D eigenvalue weighted by Crippen LogP contribution is -2.30. The van der Waals surface area contributed by atoms with Gasteiger partial charge in [-0.25, -0.2) is 14.3 Å². The molecule has 4 rings (SSSR count). The fourth-order valence-corrected chi connectivity index (χ4v) is 4.56. The number of hydrogen-bond acceptors (Lipinski definition) is 6. The summed E-state index contributed by atoms with van der Waals surface area (Å²) in [4.78, 5) is 33.8. The quantitative estimate of drug-likeness (QED) is 0.645. The maximum atomic E-state index is 13.5.